The van der Waals surface area contributed by atoms with Gasteiger partial charge in [0.2, 0.25) is 0 Å². The summed E-state index contributed by atoms with van der Waals surface area (Å²) in [6.07, 6.45) is 5.07. The minimum atomic E-state index is -0.520. The number of hydrogen-bond acceptors (Lipinski definition) is 2. The van der Waals surface area contributed by atoms with Crippen LogP contribution in [0.1, 0.15) is 11.1 Å². The van der Waals surface area contributed by atoms with Crippen molar-refractivity contribution in [2.75, 3.05) is 6.54 Å². The summed E-state index contributed by atoms with van der Waals surface area (Å²) in [6.45, 7) is 0.453. The quantitative estimate of drug-likeness (QED) is 0.698. The molecule has 0 aliphatic heterocycles. The average molecular weight is 187 g/mol. The first-order valence-corrected chi connectivity index (χ1v) is 4.68. The zero-order valence-electron chi connectivity index (χ0n) is 7.85. The van der Waals surface area contributed by atoms with Gasteiger partial charge >= 0.3 is 0 Å². The largest absolute Gasteiger partial charge is 0.384 e. The molecular formula is C12H13NO. The molecule has 2 heteroatoms. The molecule has 0 amide bonds. The Labute approximate surface area is 83.4 Å². The van der Waals surface area contributed by atoms with Gasteiger partial charge in [-0.25, -0.2) is 0 Å². The Morgan fingerprint density at radius 2 is 2.14 bits per heavy atom. The van der Waals surface area contributed by atoms with E-state index in [9.17, 15) is 5.11 Å². The first kappa shape index (κ1) is 9.19. The van der Waals surface area contributed by atoms with Crippen LogP contribution in [0.25, 0.3) is 11.6 Å². The monoisotopic (exact) mass is 187 g/mol. The van der Waals surface area contributed by atoms with Gasteiger partial charge in [0.25, 0.3) is 0 Å². The van der Waals surface area contributed by atoms with E-state index < -0.39 is 6.10 Å². The molecule has 14 heavy (non-hydrogen) atoms. The second-order valence-corrected chi connectivity index (χ2v) is 3.29. The van der Waals surface area contributed by atoms with Gasteiger partial charge in [0.05, 0.1) is 6.10 Å². The summed E-state index contributed by atoms with van der Waals surface area (Å²) in [6, 6.07) is 7.99. The summed E-state index contributed by atoms with van der Waals surface area (Å²) >= 11 is 0. The molecule has 0 saturated carbocycles. The van der Waals surface area contributed by atoms with Gasteiger partial charge in [0, 0.05) is 6.54 Å². The molecule has 1 aromatic carbocycles. The Kier molecular flexibility index (Phi) is 2.48. The van der Waals surface area contributed by atoms with Crippen LogP contribution in [-0.2, 0) is 0 Å². The molecule has 1 unspecified atom stereocenters. The Morgan fingerprint density at radius 3 is 2.93 bits per heavy atom. The van der Waals surface area contributed by atoms with Crippen LogP contribution in [0.15, 0.2) is 36.4 Å². The van der Waals surface area contributed by atoms with Crippen molar-refractivity contribution in [3.63, 3.8) is 0 Å². The number of fused-ring (bicyclic) bond motifs is 1. The normalized spacial score (nSPS) is 22.4. The fourth-order valence-electron chi connectivity index (χ4n) is 1.72. The molecular weight excluding hydrogens is 174 g/mol. The van der Waals surface area contributed by atoms with Crippen LogP contribution < -0.4 is 5.73 Å². The standard InChI is InChI=1S/C12H13NO/c13-8-7-11-10-4-2-1-3-9(10)5-6-12(11)14/h1-7,12,14H,8,13H2. The number of hydrogen-bond donors (Lipinski definition) is 2. The van der Waals surface area contributed by atoms with Crippen LogP contribution in [-0.4, -0.2) is 17.8 Å². The van der Waals surface area contributed by atoms with E-state index in [0.717, 1.165) is 16.7 Å². The lowest BCUT2D eigenvalue weighted by Crippen LogP contribution is -2.12. The van der Waals surface area contributed by atoms with E-state index in [1.807, 2.05) is 36.4 Å². The maximum atomic E-state index is 9.74. The second kappa shape index (κ2) is 3.78. The van der Waals surface area contributed by atoms with Crippen molar-refractivity contribution in [2.24, 2.45) is 5.73 Å². The van der Waals surface area contributed by atoms with Gasteiger partial charge in [0.1, 0.15) is 0 Å². The van der Waals surface area contributed by atoms with Crippen molar-refractivity contribution in [3.8, 4) is 0 Å². The van der Waals surface area contributed by atoms with E-state index in [-0.39, 0.29) is 0 Å². The summed E-state index contributed by atoms with van der Waals surface area (Å²) in [4.78, 5) is 0. The molecule has 2 nitrogen and oxygen atoms in total. The van der Waals surface area contributed by atoms with Crippen molar-refractivity contribution in [2.45, 2.75) is 6.10 Å². The van der Waals surface area contributed by atoms with E-state index >= 15 is 0 Å². The topological polar surface area (TPSA) is 46.2 Å². The summed E-state index contributed by atoms with van der Waals surface area (Å²) in [7, 11) is 0. The van der Waals surface area contributed by atoms with Crippen molar-refractivity contribution in [1.82, 2.24) is 0 Å². The van der Waals surface area contributed by atoms with Crippen LogP contribution in [0.4, 0.5) is 0 Å². The molecule has 2 rings (SSSR count). The van der Waals surface area contributed by atoms with Gasteiger partial charge in [-0.15, -0.1) is 0 Å². The van der Waals surface area contributed by atoms with Crippen molar-refractivity contribution in [3.05, 3.63) is 47.5 Å². The maximum Gasteiger partial charge on any atom is 0.0978 e. The molecule has 72 valence electrons. The SMILES string of the molecule is NCC=C1c2ccccc2C=CC1O. The molecule has 1 aromatic rings. The lowest BCUT2D eigenvalue weighted by molar-refractivity contribution is 0.280. The van der Waals surface area contributed by atoms with E-state index in [2.05, 4.69) is 0 Å². The van der Waals surface area contributed by atoms with Gasteiger partial charge in [-0.05, 0) is 16.7 Å². The first-order valence-electron chi connectivity index (χ1n) is 4.68. The van der Waals surface area contributed by atoms with E-state index in [4.69, 9.17) is 5.73 Å². The number of aliphatic hydroxyl groups excluding tert-OH is 1. The minimum Gasteiger partial charge on any atom is -0.384 e. The predicted molar refractivity (Wildman–Crippen MR) is 58.5 cm³/mol. The molecule has 1 atom stereocenters. The van der Waals surface area contributed by atoms with Crippen LogP contribution in [0.2, 0.25) is 0 Å². The first-order chi connectivity index (χ1) is 6.83. The lowest BCUT2D eigenvalue weighted by atomic mass is 9.90. The zero-order valence-corrected chi connectivity index (χ0v) is 7.85. The van der Waals surface area contributed by atoms with Gasteiger partial charge in [-0.3, -0.25) is 0 Å². The smallest absolute Gasteiger partial charge is 0.0978 e. The third kappa shape index (κ3) is 1.50. The molecule has 0 fully saturated rings. The average Bonchev–Trinajstić information content (AvgIpc) is 2.23. The molecule has 0 bridgehead atoms. The van der Waals surface area contributed by atoms with Crippen LogP contribution in [0.5, 0.6) is 0 Å². The van der Waals surface area contributed by atoms with E-state index in [1.165, 1.54) is 0 Å². The summed E-state index contributed by atoms with van der Waals surface area (Å²) in [5.41, 5.74) is 8.59. The molecule has 0 saturated heterocycles. The van der Waals surface area contributed by atoms with Crippen LogP contribution in [0, 0.1) is 0 Å². The lowest BCUT2D eigenvalue weighted by Gasteiger charge is -2.18. The molecule has 0 aromatic heterocycles. The van der Waals surface area contributed by atoms with Crippen molar-refractivity contribution in [1.29, 1.82) is 0 Å². The molecule has 1 aliphatic carbocycles. The third-order valence-corrected chi connectivity index (χ3v) is 2.39. The number of nitrogens with two attached hydrogens (primary N) is 1. The molecule has 3 N–H and O–H groups in total. The highest BCUT2D eigenvalue weighted by Gasteiger charge is 2.15. The molecule has 0 radical (unpaired) electrons. The fourth-order valence-corrected chi connectivity index (χ4v) is 1.72. The van der Waals surface area contributed by atoms with E-state index in [1.54, 1.807) is 6.08 Å². The number of aliphatic hydroxyl groups is 1. The summed E-state index contributed by atoms with van der Waals surface area (Å²) in [5.74, 6) is 0. The van der Waals surface area contributed by atoms with Gasteiger partial charge in [-0.2, -0.15) is 0 Å². The predicted octanol–water partition coefficient (Wildman–Crippen LogP) is 1.42. The van der Waals surface area contributed by atoms with Gasteiger partial charge < -0.3 is 10.8 Å². The summed E-state index contributed by atoms with van der Waals surface area (Å²) in [5, 5.41) is 9.74. The van der Waals surface area contributed by atoms with Gasteiger partial charge in [-0.1, -0.05) is 42.5 Å². The third-order valence-electron chi connectivity index (χ3n) is 2.39. The highest BCUT2D eigenvalue weighted by Crippen LogP contribution is 2.28. The highest BCUT2D eigenvalue weighted by atomic mass is 16.3. The number of benzene rings is 1. The summed E-state index contributed by atoms with van der Waals surface area (Å²) < 4.78 is 0. The van der Waals surface area contributed by atoms with Crippen molar-refractivity contribution < 1.29 is 5.11 Å². The zero-order chi connectivity index (χ0) is 9.97. The molecule has 1 aliphatic rings. The Bertz CT molecular complexity index is 393. The van der Waals surface area contributed by atoms with Gasteiger partial charge in [0.15, 0.2) is 0 Å². The maximum absolute atomic E-state index is 9.74. The van der Waals surface area contributed by atoms with Crippen LogP contribution >= 0.6 is 0 Å². The molecule has 0 heterocycles. The van der Waals surface area contributed by atoms with Crippen LogP contribution in [0.3, 0.4) is 0 Å². The minimum absolute atomic E-state index is 0.453. The fraction of sp³-hybridized carbons (Fsp3) is 0.167. The van der Waals surface area contributed by atoms with E-state index in [0.29, 0.717) is 6.54 Å². The Morgan fingerprint density at radius 1 is 1.36 bits per heavy atom. The molecule has 0 spiro atoms. The number of rotatable bonds is 1. The highest BCUT2D eigenvalue weighted by molar-refractivity contribution is 5.81. The Balaban J connectivity index is 2.53. The van der Waals surface area contributed by atoms with Crippen molar-refractivity contribution >= 4 is 11.6 Å². The Hall–Kier alpha value is -1.38. The second-order valence-electron chi connectivity index (χ2n) is 3.29.